The van der Waals surface area contributed by atoms with Gasteiger partial charge in [-0.3, -0.25) is 14.2 Å². The molecule has 0 saturated carbocycles. The molecule has 4 aromatic rings. The number of pyridine rings is 2. The van der Waals surface area contributed by atoms with Gasteiger partial charge in [0.25, 0.3) is 0 Å². The Labute approximate surface area is 161 Å². The summed E-state index contributed by atoms with van der Waals surface area (Å²) < 4.78 is 7.48. The van der Waals surface area contributed by atoms with Gasteiger partial charge >= 0.3 is 0 Å². The number of carbonyl (C=O) groups excluding carboxylic acids is 1. The minimum Gasteiger partial charge on any atom is -0.453 e. The topological polar surface area (TPSA) is 95.2 Å². The molecule has 0 amide bonds. The van der Waals surface area contributed by atoms with Gasteiger partial charge in [0.2, 0.25) is 0 Å². The first-order valence-electron chi connectivity index (χ1n) is 8.90. The molecular formula is C20H18N6O2. The van der Waals surface area contributed by atoms with E-state index in [1.807, 2.05) is 25.1 Å². The van der Waals surface area contributed by atoms with Crippen LogP contribution in [0.1, 0.15) is 34.5 Å². The van der Waals surface area contributed by atoms with Crippen LogP contribution in [0.15, 0.2) is 49.2 Å². The van der Waals surface area contributed by atoms with Gasteiger partial charge in [-0.1, -0.05) is 13.0 Å². The lowest BCUT2D eigenvalue weighted by atomic mass is 10.1. The highest BCUT2D eigenvalue weighted by molar-refractivity contribution is 6.02. The van der Waals surface area contributed by atoms with Gasteiger partial charge in [-0.25, -0.2) is 9.97 Å². The van der Waals surface area contributed by atoms with Crippen molar-refractivity contribution in [2.24, 2.45) is 0 Å². The molecule has 0 aliphatic heterocycles. The Morgan fingerprint density at radius 2 is 1.93 bits per heavy atom. The predicted molar refractivity (Wildman–Crippen MR) is 101 cm³/mol. The lowest BCUT2D eigenvalue weighted by Crippen LogP contribution is -2.08. The number of aryl methyl sites for hydroxylation is 2. The molecule has 0 aliphatic rings. The Morgan fingerprint density at radius 1 is 1.14 bits per heavy atom. The summed E-state index contributed by atoms with van der Waals surface area (Å²) in [5, 5.41) is 7.97. The first kappa shape index (κ1) is 17.7. The van der Waals surface area contributed by atoms with E-state index in [9.17, 15) is 4.79 Å². The zero-order valence-corrected chi connectivity index (χ0v) is 15.5. The van der Waals surface area contributed by atoms with Gasteiger partial charge < -0.3 is 4.74 Å². The summed E-state index contributed by atoms with van der Waals surface area (Å²) in [5.74, 6) is 1.50. The van der Waals surface area contributed by atoms with E-state index in [2.05, 4.69) is 25.1 Å². The number of rotatable bonds is 6. The summed E-state index contributed by atoms with van der Waals surface area (Å²) in [5.41, 5.74) is 2.57. The van der Waals surface area contributed by atoms with Crippen LogP contribution in [0.5, 0.6) is 11.5 Å². The highest BCUT2D eigenvalue weighted by atomic mass is 16.5. The van der Waals surface area contributed by atoms with Gasteiger partial charge in [0.15, 0.2) is 17.2 Å². The van der Waals surface area contributed by atoms with Crippen LogP contribution in [0.4, 0.5) is 0 Å². The molecule has 140 valence electrons. The van der Waals surface area contributed by atoms with E-state index in [1.54, 1.807) is 36.0 Å². The lowest BCUT2D eigenvalue weighted by Gasteiger charge is -2.09. The lowest BCUT2D eigenvalue weighted by molar-refractivity contribution is 0.0992. The molecule has 8 nitrogen and oxygen atoms in total. The fourth-order valence-electron chi connectivity index (χ4n) is 2.83. The summed E-state index contributed by atoms with van der Waals surface area (Å²) >= 11 is 0. The van der Waals surface area contributed by atoms with E-state index >= 15 is 0 Å². The average Bonchev–Trinajstić information content (AvgIpc) is 3.18. The number of hydrogen-bond donors (Lipinski definition) is 0. The Hall–Kier alpha value is -3.68. The third-order valence-electron chi connectivity index (χ3n) is 4.23. The third kappa shape index (κ3) is 3.71. The Balaban J connectivity index is 1.66. The zero-order valence-electron chi connectivity index (χ0n) is 15.5. The number of nitrogens with zero attached hydrogens (tertiary/aromatic N) is 6. The molecule has 4 heterocycles. The second-order valence-electron chi connectivity index (χ2n) is 6.29. The predicted octanol–water partition coefficient (Wildman–Crippen LogP) is 3.00. The molecule has 28 heavy (non-hydrogen) atoms. The second kappa shape index (κ2) is 7.51. The van der Waals surface area contributed by atoms with Crippen LogP contribution in [0, 0.1) is 6.92 Å². The summed E-state index contributed by atoms with van der Waals surface area (Å²) in [6, 6.07) is 7.37. The van der Waals surface area contributed by atoms with Gasteiger partial charge in [0.1, 0.15) is 17.9 Å². The molecule has 0 radical (unpaired) electrons. The molecule has 0 aliphatic carbocycles. The highest BCUT2D eigenvalue weighted by Gasteiger charge is 2.16. The smallest absolute Gasteiger partial charge is 0.172 e. The third-order valence-corrected chi connectivity index (χ3v) is 4.23. The monoisotopic (exact) mass is 374 g/mol. The summed E-state index contributed by atoms with van der Waals surface area (Å²) in [6.07, 6.45) is 7.40. The molecule has 0 fully saturated rings. The van der Waals surface area contributed by atoms with Crippen LogP contribution in [-0.4, -0.2) is 35.3 Å². The summed E-state index contributed by atoms with van der Waals surface area (Å²) in [4.78, 5) is 25.7. The van der Waals surface area contributed by atoms with E-state index in [4.69, 9.17) is 4.74 Å². The van der Waals surface area contributed by atoms with Crippen LogP contribution >= 0.6 is 0 Å². The molecule has 0 saturated heterocycles. The quantitative estimate of drug-likeness (QED) is 0.479. The fourth-order valence-corrected chi connectivity index (χ4v) is 2.83. The maximum atomic E-state index is 13.0. The molecule has 0 atom stereocenters. The van der Waals surface area contributed by atoms with Gasteiger partial charge in [0.05, 0.1) is 30.6 Å². The van der Waals surface area contributed by atoms with Gasteiger partial charge in [-0.15, -0.1) is 10.2 Å². The Kier molecular flexibility index (Phi) is 4.76. The van der Waals surface area contributed by atoms with Crippen molar-refractivity contribution in [2.75, 3.05) is 0 Å². The average molecular weight is 374 g/mol. The summed E-state index contributed by atoms with van der Waals surface area (Å²) in [6.45, 7) is 3.83. The summed E-state index contributed by atoms with van der Waals surface area (Å²) in [7, 11) is 0. The number of hydrogen-bond acceptors (Lipinski definition) is 7. The van der Waals surface area contributed by atoms with Crippen molar-refractivity contribution in [1.82, 2.24) is 29.5 Å². The minimum absolute atomic E-state index is 0.107. The number of carbonyl (C=O) groups is 1. The first-order valence-corrected chi connectivity index (χ1v) is 8.90. The molecular weight excluding hydrogens is 356 g/mol. The minimum atomic E-state index is -0.107. The van der Waals surface area contributed by atoms with E-state index in [1.165, 1.54) is 6.33 Å². The van der Waals surface area contributed by atoms with Crippen molar-refractivity contribution in [1.29, 1.82) is 0 Å². The fraction of sp³-hybridized carbons (Fsp3) is 0.200. The van der Waals surface area contributed by atoms with E-state index in [0.717, 1.165) is 17.8 Å². The van der Waals surface area contributed by atoms with Crippen molar-refractivity contribution in [3.63, 3.8) is 0 Å². The van der Waals surface area contributed by atoms with Crippen molar-refractivity contribution < 1.29 is 9.53 Å². The Morgan fingerprint density at radius 3 is 2.71 bits per heavy atom. The number of aromatic nitrogens is 6. The van der Waals surface area contributed by atoms with E-state index in [-0.39, 0.29) is 12.2 Å². The SMILES string of the molecule is CCc1cccc(CC(=O)c2cc(Oc3cnc(C)nc3)cn3cnnc23)n1. The maximum absolute atomic E-state index is 13.0. The zero-order chi connectivity index (χ0) is 19.5. The van der Waals surface area contributed by atoms with Gasteiger partial charge in [-0.2, -0.15) is 0 Å². The van der Waals surface area contributed by atoms with Crippen LogP contribution in [0.2, 0.25) is 0 Å². The number of ketones is 1. The van der Waals surface area contributed by atoms with Gasteiger partial charge in [-0.05, 0) is 31.5 Å². The molecule has 4 rings (SSSR count). The van der Waals surface area contributed by atoms with Crippen molar-refractivity contribution >= 4 is 11.4 Å². The van der Waals surface area contributed by atoms with Crippen LogP contribution in [-0.2, 0) is 12.8 Å². The molecule has 0 aromatic carbocycles. The largest absolute Gasteiger partial charge is 0.453 e. The molecule has 0 N–H and O–H groups in total. The Bertz CT molecular complexity index is 1140. The number of Topliss-reactive ketones (excluding diaryl/α,β-unsaturated/α-hetero) is 1. The van der Waals surface area contributed by atoms with Gasteiger partial charge in [0, 0.05) is 11.4 Å². The molecule has 8 heteroatoms. The highest BCUT2D eigenvalue weighted by Crippen LogP contribution is 2.24. The molecule has 4 aromatic heterocycles. The van der Waals surface area contributed by atoms with E-state index in [0.29, 0.717) is 28.5 Å². The number of fused-ring (bicyclic) bond motifs is 1. The number of ether oxygens (including phenoxy) is 1. The standard InChI is InChI=1S/C20H18N6O2/c1-3-14-5-4-6-15(24-14)7-19(27)18-8-16(11-26-12-23-25-20(18)26)28-17-9-21-13(2)22-10-17/h4-6,8-12H,3,7H2,1-2H3. The van der Waals surface area contributed by atoms with Crippen molar-refractivity contribution in [3.8, 4) is 11.5 Å². The maximum Gasteiger partial charge on any atom is 0.172 e. The van der Waals surface area contributed by atoms with Crippen LogP contribution in [0.3, 0.4) is 0 Å². The van der Waals surface area contributed by atoms with Crippen LogP contribution in [0.25, 0.3) is 5.65 Å². The first-order chi connectivity index (χ1) is 13.6. The molecule has 0 bridgehead atoms. The van der Waals surface area contributed by atoms with Crippen molar-refractivity contribution in [2.45, 2.75) is 26.7 Å². The molecule has 0 unspecified atom stereocenters. The van der Waals surface area contributed by atoms with Crippen molar-refractivity contribution in [3.05, 3.63) is 72.0 Å². The van der Waals surface area contributed by atoms with Crippen LogP contribution < -0.4 is 4.74 Å². The second-order valence-corrected chi connectivity index (χ2v) is 6.29. The normalized spacial score (nSPS) is 10.9. The molecule has 0 spiro atoms. The van der Waals surface area contributed by atoms with E-state index < -0.39 is 0 Å².